The van der Waals surface area contributed by atoms with Crippen molar-refractivity contribution in [3.05, 3.63) is 42.8 Å². The molecule has 0 unspecified atom stereocenters. The fraction of sp³-hybridized carbons (Fsp3) is 0.562. The Bertz CT molecular complexity index is 340. The predicted octanol–water partition coefficient (Wildman–Crippen LogP) is 2.04. The largest absolute Gasteiger partial charge is 0.375 e. The molecule has 109 valence electrons. The molecule has 0 aromatic heterocycles. The predicted molar refractivity (Wildman–Crippen MR) is 79.0 cm³/mol. The van der Waals surface area contributed by atoms with Crippen LogP contribution in [0.15, 0.2) is 30.3 Å². The molecular weight excluding hydrogens is 325 g/mol. The van der Waals surface area contributed by atoms with E-state index in [1.165, 1.54) is 18.7 Å². The van der Waals surface area contributed by atoms with Crippen LogP contribution in [0, 0.1) is 6.92 Å². The first-order valence-electron chi connectivity index (χ1n) is 7.24. The molecule has 1 aliphatic rings. The fourth-order valence-corrected chi connectivity index (χ4v) is 2.42. The van der Waals surface area contributed by atoms with E-state index >= 15 is 0 Å². The third kappa shape index (κ3) is 6.77. The van der Waals surface area contributed by atoms with Crippen LogP contribution in [0.25, 0.3) is 0 Å². The van der Waals surface area contributed by atoms with Gasteiger partial charge in [0.05, 0.1) is 13.2 Å². The number of hydrogen-bond acceptors (Lipinski definition) is 3. The van der Waals surface area contributed by atoms with Crippen LogP contribution >= 0.6 is 0 Å². The summed E-state index contributed by atoms with van der Waals surface area (Å²) in [7, 11) is 0. The van der Waals surface area contributed by atoms with E-state index in [9.17, 15) is 0 Å². The fourth-order valence-electron chi connectivity index (χ4n) is 2.42. The molecule has 1 radical (unpaired) electrons. The molecule has 0 atom stereocenters. The van der Waals surface area contributed by atoms with E-state index in [1.54, 1.807) is 0 Å². The van der Waals surface area contributed by atoms with Gasteiger partial charge in [0.15, 0.2) is 0 Å². The van der Waals surface area contributed by atoms with Gasteiger partial charge in [-0.15, -0.1) is 0 Å². The van der Waals surface area contributed by atoms with Crippen LogP contribution < -0.4 is 0 Å². The van der Waals surface area contributed by atoms with Gasteiger partial charge in [-0.3, -0.25) is 4.90 Å². The van der Waals surface area contributed by atoms with Crippen molar-refractivity contribution < 1.29 is 37.4 Å². The normalized spacial score (nSPS) is 16.9. The van der Waals surface area contributed by atoms with Crippen molar-refractivity contribution in [2.45, 2.75) is 13.0 Å². The van der Waals surface area contributed by atoms with Crippen molar-refractivity contribution in [2.75, 3.05) is 45.9 Å². The zero-order valence-corrected chi connectivity index (χ0v) is 15.2. The molecule has 3 nitrogen and oxygen atoms in total. The summed E-state index contributed by atoms with van der Waals surface area (Å²) in [5.74, 6) is 0. The quantitative estimate of drug-likeness (QED) is 0.553. The Morgan fingerprint density at radius 2 is 1.55 bits per heavy atom. The van der Waals surface area contributed by atoms with Crippen molar-refractivity contribution in [2.24, 2.45) is 0 Å². The summed E-state index contributed by atoms with van der Waals surface area (Å²) in [5, 5.41) is 0. The van der Waals surface area contributed by atoms with Gasteiger partial charge in [-0.2, -0.15) is 6.42 Å². The second-order valence-corrected chi connectivity index (χ2v) is 5.08. The Morgan fingerprint density at radius 3 is 2.15 bits per heavy atom. The molecule has 0 amide bonds. The number of rotatable bonds is 7. The van der Waals surface area contributed by atoms with Crippen LogP contribution in [0.4, 0.5) is 0 Å². The van der Waals surface area contributed by atoms with E-state index < -0.39 is 0 Å². The van der Waals surface area contributed by atoms with Crippen LogP contribution in [-0.4, -0.2) is 55.7 Å². The smallest absolute Gasteiger partial charge is 0.0717 e. The summed E-state index contributed by atoms with van der Waals surface area (Å²) in [6.45, 7) is 12.3. The molecule has 1 aliphatic heterocycles. The van der Waals surface area contributed by atoms with Gasteiger partial charge in [0, 0.05) is 65.4 Å². The minimum absolute atomic E-state index is 0. The monoisotopic (exact) mass is 350 g/mol. The topological polar surface area (TPSA) is 15.7 Å². The molecule has 1 aromatic rings. The van der Waals surface area contributed by atoms with Crippen molar-refractivity contribution in [3.8, 4) is 0 Å². The van der Waals surface area contributed by atoms with Gasteiger partial charge in [0.2, 0.25) is 0 Å². The molecule has 0 spiro atoms. The minimum Gasteiger partial charge on any atom is -0.375 e. The van der Waals surface area contributed by atoms with Crippen molar-refractivity contribution in [3.63, 3.8) is 0 Å². The van der Waals surface area contributed by atoms with Crippen LogP contribution in [-0.2, 0) is 44.1 Å². The molecule has 1 aromatic carbocycles. The van der Waals surface area contributed by atoms with Gasteiger partial charge in [-0.25, -0.2) is 0 Å². The number of hydrogen-bond donors (Lipinski definition) is 0. The van der Waals surface area contributed by atoms with Crippen LogP contribution in [0.3, 0.4) is 0 Å². The summed E-state index contributed by atoms with van der Waals surface area (Å²) in [6, 6.07) is 10.4. The third-order valence-corrected chi connectivity index (χ3v) is 3.60. The molecule has 20 heavy (non-hydrogen) atoms. The van der Waals surface area contributed by atoms with Gasteiger partial charge < -0.3 is 16.6 Å². The van der Waals surface area contributed by atoms with Crippen LogP contribution in [0.1, 0.15) is 12.0 Å². The standard InChI is InChI=1S/C16H25N2O.Y/c1-2-8-17-9-11-18(12-10-17)13-14-19-15-16-6-4-3-5-7-16;/h3-7H,1-2,8-15H2;/q-1;. The number of piperazine rings is 1. The second kappa shape index (κ2) is 10.9. The first kappa shape index (κ1) is 18.3. The average Bonchev–Trinajstić information content (AvgIpc) is 2.47. The van der Waals surface area contributed by atoms with Crippen molar-refractivity contribution in [1.29, 1.82) is 0 Å². The van der Waals surface area contributed by atoms with Gasteiger partial charge in [-0.1, -0.05) is 30.3 Å². The van der Waals surface area contributed by atoms with E-state index in [2.05, 4.69) is 41.0 Å². The van der Waals surface area contributed by atoms with Gasteiger partial charge in [-0.05, 0) is 12.1 Å². The van der Waals surface area contributed by atoms with E-state index in [1.807, 2.05) is 6.07 Å². The molecule has 0 aliphatic carbocycles. The van der Waals surface area contributed by atoms with Crippen LogP contribution in [0.5, 0.6) is 0 Å². The second-order valence-electron chi connectivity index (χ2n) is 5.08. The summed E-state index contributed by atoms with van der Waals surface area (Å²) >= 11 is 0. The molecule has 2 rings (SSSR count). The summed E-state index contributed by atoms with van der Waals surface area (Å²) < 4.78 is 5.73. The zero-order valence-electron chi connectivity index (χ0n) is 12.3. The summed E-state index contributed by atoms with van der Waals surface area (Å²) in [5.41, 5.74) is 1.25. The molecule has 0 bridgehead atoms. The Labute approximate surface area is 148 Å². The van der Waals surface area contributed by atoms with Crippen LogP contribution in [0.2, 0.25) is 0 Å². The Morgan fingerprint density at radius 1 is 0.950 bits per heavy atom. The molecule has 4 heteroatoms. The SMILES string of the molecule is [CH2-]CCN1CCN(CCOCc2ccccc2)CC1.[Y]. The zero-order chi connectivity index (χ0) is 13.3. The van der Waals surface area contributed by atoms with E-state index in [4.69, 9.17) is 4.74 Å². The molecule has 0 N–H and O–H groups in total. The van der Waals surface area contributed by atoms with Crippen molar-refractivity contribution >= 4 is 0 Å². The van der Waals surface area contributed by atoms with Gasteiger partial charge >= 0.3 is 0 Å². The third-order valence-electron chi connectivity index (χ3n) is 3.60. The van der Waals surface area contributed by atoms with Gasteiger partial charge in [0.25, 0.3) is 0 Å². The molecule has 1 heterocycles. The molecular formula is C16H25N2OY-. The average molecular weight is 350 g/mol. The first-order valence-corrected chi connectivity index (χ1v) is 7.24. The molecule has 1 saturated heterocycles. The van der Waals surface area contributed by atoms with Crippen molar-refractivity contribution in [1.82, 2.24) is 9.80 Å². The van der Waals surface area contributed by atoms with E-state index in [-0.39, 0.29) is 32.7 Å². The minimum atomic E-state index is 0. The Hall–Kier alpha value is 0.204. The maximum Gasteiger partial charge on any atom is 0.0717 e. The Balaban J connectivity index is 0.00000200. The maximum atomic E-state index is 5.73. The summed E-state index contributed by atoms with van der Waals surface area (Å²) in [4.78, 5) is 4.99. The number of benzene rings is 1. The van der Waals surface area contributed by atoms with E-state index in [0.29, 0.717) is 0 Å². The van der Waals surface area contributed by atoms with Gasteiger partial charge in [0.1, 0.15) is 0 Å². The molecule has 0 saturated carbocycles. The Kier molecular flexibility index (Phi) is 9.91. The molecule has 1 fully saturated rings. The first-order chi connectivity index (χ1) is 9.38. The maximum absolute atomic E-state index is 5.73. The summed E-state index contributed by atoms with van der Waals surface area (Å²) in [6.07, 6.45) is 1.01. The van der Waals surface area contributed by atoms with E-state index in [0.717, 1.165) is 45.8 Å². The number of ether oxygens (including phenoxy) is 1. The number of nitrogens with zero attached hydrogens (tertiary/aromatic N) is 2.